The maximum Gasteiger partial charge on any atom is 0.407 e. The molecule has 2 atom stereocenters. The average Bonchev–Trinajstić information content (AvgIpc) is 3.58. The normalized spacial score (nSPS) is 19.3. The molecular formula is C36H44ClN7O6. The lowest BCUT2D eigenvalue weighted by Gasteiger charge is -2.41. The van der Waals surface area contributed by atoms with E-state index in [0.717, 1.165) is 72.4 Å². The van der Waals surface area contributed by atoms with Crippen LogP contribution in [0.25, 0.3) is 10.8 Å². The number of halogens is 1. The number of piperazine rings is 1. The SMILES string of the molecule is COC(=O)CCOCCCN1CCC[C@H]1COc1nc2c(c(N3CCN(C(=O)O)[C@@H](CC#N)C3)n1)CCN(c1cccc3cccc(Cl)c13)C2. The minimum absolute atomic E-state index is 0.100. The van der Waals surface area contributed by atoms with Crippen LogP contribution in [-0.4, -0.2) is 115 Å². The highest BCUT2D eigenvalue weighted by Gasteiger charge is 2.34. The summed E-state index contributed by atoms with van der Waals surface area (Å²) >= 11 is 6.72. The number of hydrogen-bond donors (Lipinski definition) is 1. The number of nitriles is 1. The Kier molecular flexibility index (Phi) is 11.7. The number of fused-ring (bicyclic) bond motifs is 2. The molecule has 0 radical (unpaired) electrons. The van der Waals surface area contributed by atoms with Gasteiger partial charge in [0.05, 0.1) is 55.9 Å². The topological polar surface area (TPSA) is 145 Å². The van der Waals surface area contributed by atoms with Crippen molar-refractivity contribution in [3.05, 3.63) is 52.7 Å². The lowest BCUT2D eigenvalue weighted by atomic mass is 10.0. The molecule has 0 unspecified atom stereocenters. The number of carbonyl (C=O) groups is 2. The van der Waals surface area contributed by atoms with Crippen LogP contribution < -0.4 is 14.5 Å². The Hall–Kier alpha value is -4.38. The summed E-state index contributed by atoms with van der Waals surface area (Å²) in [6, 6.07) is 14.3. The molecule has 0 saturated carbocycles. The van der Waals surface area contributed by atoms with Gasteiger partial charge >= 0.3 is 18.1 Å². The maximum absolute atomic E-state index is 12.0. The zero-order valence-corrected chi connectivity index (χ0v) is 29.2. The van der Waals surface area contributed by atoms with Gasteiger partial charge in [-0.2, -0.15) is 15.2 Å². The molecule has 3 aliphatic heterocycles. The molecule has 4 heterocycles. The van der Waals surface area contributed by atoms with Gasteiger partial charge in [-0.15, -0.1) is 0 Å². The van der Waals surface area contributed by atoms with Crippen molar-refractivity contribution in [2.75, 3.05) is 76.0 Å². The monoisotopic (exact) mass is 705 g/mol. The number of amides is 1. The van der Waals surface area contributed by atoms with Crippen LogP contribution in [0.15, 0.2) is 36.4 Å². The number of benzene rings is 2. The number of hydrogen-bond acceptors (Lipinski definition) is 11. The van der Waals surface area contributed by atoms with Gasteiger partial charge in [0.25, 0.3) is 0 Å². The second-order valence-electron chi connectivity index (χ2n) is 12.9. The molecule has 266 valence electrons. The Balaban J connectivity index is 1.21. The van der Waals surface area contributed by atoms with E-state index in [1.54, 1.807) is 0 Å². The molecule has 1 amide bonds. The summed E-state index contributed by atoms with van der Waals surface area (Å²) in [5.41, 5.74) is 2.93. The predicted octanol–water partition coefficient (Wildman–Crippen LogP) is 4.74. The number of methoxy groups -OCH3 is 1. The van der Waals surface area contributed by atoms with Crippen molar-refractivity contribution in [1.82, 2.24) is 19.8 Å². The molecule has 0 bridgehead atoms. The van der Waals surface area contributed by atoms with Crippen molar-refractivity contribution in [1.29, 1.82) is 5.26 Å². The summed E-state index contributed by atoms with van der Waals surface area (Å²) in [7, 11) is 1.37. The number of aromatic nitrogens is 2. The molecule has 14 heteroatoms. The number of carboxylic acid groups (broad SMARTS) is 1. The fraction of sp³-hybridized carbons (Fsp3) is 0.528. The molecule has 1 N–H and O–H groups in total. The third-order valence-electron chi connectivity index (χ3n) is 9.87. The van der Waals surface area contributed by atoms with Gasteiger partial charge in [0.15, 0.2) is 0 Å². The van der Waals surface area contributed by atoms with E-state index < -0.39 is 12.1 Å². The van der Waals surface area contributed by atoms with Crippen molar-refractivity contribution < 1.29 is 28.9 Å². The summed E-state index contributed by atoms with van der Waals surface area (Å²) in [5, 5.41) is 22.0. The van der Waals surface area contributed by atoms with E-state index in [4.69, 9.17) is 31.0 Å². The number of esters is 1. The first-order chi connectivity index (χ1) is 24.4. The molecule has 2 saturated heterocycles. The van der Waals surface area contributed by atoms with Crippen molar-refractivity contribution >= 4 is 45.9 Å². The van der Waals surface area contributed by atoms with Crippen molar-refractivity contribution in [3.63, 3.8) is 0 Å². The molecular weight excluding hydrogens is 662 g/mol. The van der Waals surface area contributed by atoms with Gasteiger partial charge in [0.2, 0.25) is 0 Å². The Morgan fingerprint density at radius 1 is 1.06 bits per heavy atom. The largest absolute Gasteiger partial charge is 0.469 e. The van der Waals surface area contributed by atoms with Crippen molar-refractivity contribution in [2.24, 2.45) is 0 Å². The maximum atomic E-state index is 12.0. The first-order valence-corrected chi connectivity index (χ1v) is 17.7. The lowest BCUT2D eigenvalue weighted by molar-refractivity contribution is -0.141. The number of carbonyl (C=O) groups excluding carboxylic acids is 1. The van der Waals surface area contributed by atoms with Gasteiger partial charge in [0, 0.05) is 62.0 Å². The fourth-order valence-corrected chi connectivity index (χ4v) is 7.60. The molecule has 6 rings (SSSR count). The summed E-state index contributed by atoms with van der Waals surface area (Å²) in [5.74, 6) is 0.477. The van der Waals surface area contributed by atoms with Crippen molar-refractivity contribution in [3.8, 4) is 12.1 Å². The Labute approximate surface area is 297 Å². The van der Waals surface area contributed by atoms with Gasteiger partial charge < -0.3 is 34.0 Å². The number of anilines is 2. The number of nitrogens with zero attached hydrogens (tertiary/aromatic N) is 7. The van der Waals surface area contributed by atoms with Crippen LogP contribution in [0.1, 0.15) is 43.4 Å². The highest BCUT2D eigenvalue weighted by Crippen LogP contribution is 2.37. The number of rotatable bonds is 13. The van der Waals surface area contributed by atoms with E-state index in [0.29, 0.717) is 56.9 Å². The lowest BCUT2D eigenvalue weighted by Crippen LogP contribution is -2.55. The Morgan fingerprint density at radius 2 is 1.90 bits per heavy atom. The minimum Gasteiger partial charge on any atom is -0.469 e. The van der Waals surface area contributed by atoms with E-state index in [2.05, 4.69) is 43.7 Å². The standard InChI is InChI=1S/C36H44ClN7O6/c1-48-32(45)13-21-49-20-5-16-41-15-4-8-27(41)24-50-35-39-30-23-42(31-10-3-7-25-6-2-9-29(37)33(25)31)17-12-28(30)34(40-35)43-18-19-44(36(46)47)26(22-43)11-14-38/h2-3,6-7,9-10,26-27H,4-5,8,11-13,15-24H2,1H3,(H,46,47)/t26-,27-/m0/s1. The molecule has 1 aromatic heterocycles. The Bertz CT molecular complexity index is 1710. The van der Waals surface area contributed by atoms with Crippen LogP contribution in [0.3, 0.4) is 0 Å². The molecule has 2 fully saturated rings. The molecule has 2 aromatic carbocycles. The van der Waals surface area contributed by atoms with Crippen LogP contribution in [0.4, 0.5) is 16.3 Å². The van der Waals surface area contributed by atoms with E-state index in [-0.39, 0.29) is 31.4 Å². The summed E-state index contributed by atoms with van der Waals surface area (Å²) < 4.78 is 16.7. The first-order valence-electron chi connectivity index (χ1n) is 17.3. The highest BCUT2D eigenvalue weighted by atomic mass is 35.5. The minimum atomic E-state index is -1.02. The third-order valence-corrected chi connectivity index (χ3v) is 10.2. The van der Waals surface area contributed by atoms with E-state index in [9.17, 15) is 20.0 Å². The van der Waals surface area contributed by atoms with Gasteiger partial charge in [0.1, 0.15) is 12.4 Å². The van der Waals surface area contributed by atoms with E-state index in [1.807, 2.05) is 18.2 Å². The molecule has 0 spiro atoms. The van der Waals surface area contributed by atoms with Crippen LogP contribution in [0.2, 0.25) is 5.02 Å². The van der Waals surface area contributed by atoms with Gasteiger partial charge in [-0.3, -0.25) is 9.69 Å². The van der Waals surface area contributed by atoms with Crippen molar-refractivity contribution in [2.45, 2.75) is 57.2 Å². The second kappa shape index (κ2) is 16.6. The predicted molar refractivity (Wildman–Crippen MR) is 189 cm³/mol. The van der Waals surface area contributed by atoms with Gasteiger partial charge in [-0.25, -0.2) is 4.79 Å². The van der Waals surface area contributed by atoms with Crippen LogP contribution in [0.5, 0.6) is 6.01 Å². The molecule has 3 aliphatic rings. The van der Waals surface area contributed by atoms with E-state index >= 15 is 0 Å². The number of likely N-dealkylation sites (tertiary alicyclic amines) is 1. The highest BCUT2D eigenvalue weighted by molar-refractivity contribution is 6.36. The average molecular weight is 706 g/mol. The summed E-state index contributed by atoms with van der Waals surface area (Å²) in [6.45, 7) is 5.56. The molecule has 3 aromatic rings. The molecule has 50 heavy (non-hydrogen) atoms. The van der Waals surface area contributed by atoms with Crippen LogP contribution in [0, 0.1) is 11.3 Å². The quantitative estimate of drug-likeness (QED) is 0.194. The van der Waals surface area contributed by atoms with Gasteiger partial charge in [-0.1, -0.05) is 35.9 Å². The first kappa shape index (κ1) is 35.4. The second-order valence-corrected chi connectivity index (χ2v) is 13.3. The number of ether oxygens (including phenoxy) is 3. The third kappa shape index (κ3) is 8.15. The van der Waals surface area contributed by atoms with Crippen LogP contribution >= 0.6 is 11.6 Å². The fourth-order valence-electron chi connectivity index (χ4n) is 7.32. The summed E-state index contributed by atoms with van der Waals surface area (Å²) in [4.78, 5) is 41.4. The zero-order chi connectivity index (χ0) is 35.0. The van der Waals surface area contributed by atoms with Crippen LogP contribution in [-0.2, 0) is 27.2 Å². The summed E-state index contributed by atoms with van der Waals surface area (Å²) in [6.07, 6.45) is 2.94. The smallest absolute Gasteiger partial charge is 0.407 e. The Morgan fingerprint density at radius 3 is 2.70 bits per heavy atom. The molecule has 13 nitrogen and oxygen atoms in total. The van der Waals surface area contributed by atoms with E-state index in [1.165, 1.54) is 12.0 Å². The zero-order valence-electron chi connectivity index (χ0n) is 28.4. The van der Waals surface area contributed by atoms with Gasteiger partial charge in [-0.05, 0) is 49.7 Å². The molecule has 0 aliphatic carbocycles.